The molecule has 0 aromatic carbocycles. The molecule has 84 valence electrons. The van der Waals surface area contributed by atoms with Crippen LogP contribution in [0.4, 0.5) is 5.82 Å². The maximum Gasteiger partial charge on any atom is 0.242 e. The Hall–Kier alpha value is -1.01. The van der Waals surface area contributed by atoms with E-state index in [9.17, 15) is 4.79 Å². The van der Waals surface area contributed by atoms with Gasteiger partial charge in [0.15, 0.2) is 0 Å². The van der Waals surface area contributed by atoms with E-state index in [1.54, 1.807) is 35.8 Å². The Kier molecular flexibility index (Phi) is 4.64. The van der Waals surface area contributed by atoms with Gasteiger partial charge < -0.3 is 11.1 Å². The highest BCUT2D eigenvalue weighted by atomic mass is 32.2. The molecule has 0 aliphatic rings. The van der Waals surface area contributed by atoms with Crippen LogP contribution in [0.5, 0.6) is 0 Å². The van der Waals surface area contributed by atoms with Crippen molar-refractivity contribution in [2.24, 2.45) is 12.8 Å². The van der Waals surface area contributed by atoms with Gasteiger partial charge in [-0.05, 0) is 18.4 Å². The van der Waals surface area contributed by atoms with E-state index in [1.807, 2.05) is 6.26 Å². The van der Waals surface area contributed by atoms with Crippen molar-refractivity contribution >= 4 is 23.5 Å². The van der Waals surface area contributed by atoms with Crippen molar-refractivity contribution in [3.63, 3.8) is 0 Å². The number of carbonyl (C=O) groups excluding carboxylic acids is 1. The van der Waals surface area contributed by atoms with Crippen molar-refractivity contribution < 1.29 is 4.79 Å². The zero-order chi connectivity index (χ0) is 11.3. The summed E-state index contributed by atoms with van der Waals surface area (Å²) in [6.45, 7) is 0. The molecule has 1 amide bonds. The summed E-state index contributed by atoms with van der Waals surface area (Å²) in [4.78, 5) is 11.6. The van der Waals surface area contributed by atoms with Gasteiger partial charge in [0, 0.05) is 13.1 Å². The van der Waals surface area contributed by atoms with E-state index in [2.05, 4.69) is 10.4 Å². The van der Waals surface area contributed by atoms with Crippen LogP contribution in [0.2, 0.25) is 0 Å². The van der Waals surface area contributed by atoms with E-state index in [0.717, 1.165) is 5.75 Å². The Morgan fingerprint density at radius 1 is 1.80 bits per heavy atom. The first-order valence-corrected chi connectivity index (χ1v) is 6.08. The number of carbonyl (C=O) groups is 1. The van der Waals surface area contributed by atoms with Gasteiger partial charge in [0.1, 0.15) is 5.82 Å². The summed E-state index contributed by atoms with van der Waals surface area (Å²) in [7, 11) is 1.77. The molecule has 0 spiro atoms. The predicted molar refractivity (Wildman–Crippen MR) is 62.8 cm³/mol. The molecule has 0 aliphatic heterocycles. The van der Waals surface area contributed by atoms with Crippen LogP contribution < -0.4 is 11.1 Å². The molecular formula is C9H16N4OS. The summed E-state index contributed by atoms with van der Waals surface area (Å²) in [6, 6.07) is 1.28. The lowest BCUT2D eigenvalue weighted by molar-refractivity contribution is -0.117. The van der Waals surface area contributed by atoms with Crippen LogP contribution in [0.15, 0.2) is 12.3 Å². The predicted octanol–water partition coefficient (Wildman–Crippen LogP) is 0.439. The van der Waals surface area contributed by atoms with E-state index < -0.39 is 6.04 Å². The van der Waals surface area contributed by atoms with Crippen molar-refractivity contribution in [2.45, 2.75) is 12.5 Å². The van der Waals surface area contributed by atoms with Crippen molar-refractivity contribution in [2.75, 3.05) is 17.3 Å². The summed E-state index contributed by atoms with van der Waals surface area (Å²) in [5, 5.41) is 6.67. The van der Waals surface area contributed by atoms with Gasteiger partial charge in [0.05, 0.1) is 12.2 Å². The van der Waals surface area contributed by atoms with Gasteiger partial charge in [0.25, 0.3) is 0 Å². The SMILES string of the molecule is CSCC[C@@H](N)C(=O)Nc1ccnn1C. The summed E-state index contributed by atoms with van der Waals surface area (Å²) in [5.74, 6) is 1.40. The van der Waals surface area contributed by atoms with Crippen LogP contribution >= 0.6 is 11.8 Å². The lowest BCUT2D eigenvalue weighted by Crippen LogP contribution is -2.36. The molecule has 0 radical (unpaired) electrons. The fourth-order valence-electron chi connectivity index (χ4n) is 1.09. The fourth-order valence-corrected chi connectivity index (χ4v) is 1.58. The van der Waals surface area contributed by atoms with Crippen LogP contribution in [-0.4, -0.2) is 33.7 Å². The van der Waals surface area contributed by atoms with Gasteiger partial charge in [0.2, 0.25) is 5.91 Å². The molecular weight excluding hydrogens is 212 g/mol. The van der Waals surface area contributed by atoms with E-state index in [-0.39, 0.29) is 5.91 Å². The number of anilines is 1. The molecule has 5 nitrogen and oxygen atoms in total. The Morgan fingerprint density at radius 3 is 3.07 bits per heavy atom. The Morgan fingerprint density at radius 2 is 2.53 bits per heavy atom. The molecule has 1 heterocycles. The zero-order valence-electron chi connectivity index (χ0n) is 8.93. The van der Waals surface area contributed by atoms with Gasteiger partial charge in [-0.3, -0.25) is 9.48 Å². The number of hydrogen-bond donors (Lipinski definition) is 2. The molecule has 0 fully saturated rings. The number of rotatable bonds is 5. The van der Waals surface area contributed by atoms with Crippen LogP contribution in [0.3, 0.4) is 0 Å². The Balaban J connectivity index is 2.45. The standard InChI is InChI=1S/C9H16N4OS/c1-13-8(3-5-11-13)12-9(14)7(10)4-6-15-2/h3,5,7H,4,6,10H2,1-2H3,(H,12,14)/t7-/m1/s1. The molecule has 0 saturated heterocycles. The number of nitrogens with two attached hydrogens (primary N) is 1. The third-order valence-electron chi connectivity index (χ3n) is 2.04. The van der Waals surface area contributed by atoms with Crippen molar-refractivity contribution in [3.8, 4) is 0 Å². The van der Waals surface area contributed by atoms with Crippen molar-refractivity contribution in [1.82, 2.24) is 9.78 Å². The van der Waals surface area contributed by atoms with E-state index in [0.29, 0.717) is 12.2 Å². The second-order valence-electron chi connectivity index (χ2n) is 3.22. The lowest BCUT2D eigenvalue weighted by atomic mass is 10.2. The average Bonchev–Trinajstić information content (AvgIpc) is 2.61. The molecule has 15 heavy (non-hydrogen) atoms. The highest BCUT2D eigenvalue weighted by Gasteiger charge is 2.13. The summed E-state index contributed by atoms with van der Waals surface area (Å²) >= 11 is 1.68. The number of amides is 1. The number of aryl methyl sites for hydroxylation is 1. The zero-order valence-corrected chi connectivity index (χ0v) is 9.75. The van der Waals surface area contributed by atoms with Gasteiger partial charge in [-0.25, -0.2) is 0 Å². The summed E-state index contributed by atoms with van der Waals surface area (Å²) in [5.41, 5.74) is 5.71. The molecule has 0 bridgehead atoms. The minimum atomic E-state index is -0.452. The summed E-state index contributed by atoms with van der Waals surface area (Å²) < 4.78 is 1.60. The Labute approximate surface area is 93.4 Å². The van der Waals surface area contributed by atoms with Gasteiger partial charge in [-0.15, -0.1) is 0 Å². The van der Waals surface area contributed by atoms with E-state index in [4.69, 9.17) is 5.73 Å². The number of hydrogen-bond acceptors (Lipinski definition) is 4. The molecule has 0 unspecified atom stereocenters. The normalized spacial score (nSPS) is 12.5. The molecule has 1 aromatic rings. The third kappa shape index (κ3) is 3.56. The minimum Gasteiger partial charge on any atom is -0.320 e. The third-order valence-corrected chi connectivity index (χ3v) is 2.69. The average molecular weight is 228 g/mol. The van der Waals surface area contributed by atoms with Gasteiger partial charge in [-0.2, -0.15) is 16.9 Å². The smallest absolute Gasteiger partial charge is 0.242 e. The second-order valence-corrected chi connectivity index (χ2v) is 4.20. The van der Waals surface area contributed by atoms with E-state index in [1.165, 1.54) is 0 Å². The number of thioether (sulfide) groups is 1. The molecule has 3 N–H and O–H groups in total. The highest BCUT2D eigenvalue weighted by molar-refractivity contribution is 7.98. The maximum absolute atomic E-state index is 11.6. The quantitative estimate of drug-likeness (QED) is 0.767. The lowest BCUT2D eigenvalue weighted by Gasteiger charge is -2.11. The maximum atomic E-state index is 11.6. The number of nitrogens with zero attached hydrogens (tertiary/aromatic N) is 2. The molecule has 1 rings (SSSR count). The van der Waals surface area contributed by atoms with Crippen LogP contribution in [0.1, 0.15) is 6.42 Å². The van der Waals surface area contributed by atoms with E-state index >= 15 is 0 Å². The minimum absolute atomic E-state index is 0.160. The van der Waals surface area contributed by atoms with Crippen molar-refractivity contribution in [1.29, 1.82) is 0 Å². The number of aromatic nitrogens is 2. The largest absolute Gasteiger partial charge is 0.320 e. The molecule has 0 aliphatic carbocycles. The van der Waals surface area contributed by atoms with Crippen LogP contribution in [-0.2, 0) is 11.8 Å². The first kappa shape index (κ1) is 12.1. The monoisotopic (exact) mass is 228 g/mol. The van der Waals surface area contributed by atoms with Gasteiger partial charge >= 0.3 is 0 Å². The molecule has 6 heteroatoms. The summed E-state index contributed by atoms with van der Waals surface area (Å²) in [6.07, 6.45) is 4.31. The molecule has 1 aromatic heterocycles. The number of nitrogens with one attached hydrogen (secondary N) is 1. The first-order valence-electron chi connectivity index (χ1n) is 4.68. The molecule has 1 atom stereocenters. The fraction of sp³-hybridized carbons (Fsp3) is 0.556. The molecule has 0 saturated carbocycles. The van der Waals surface area contributed by atoms with Crippen LogP contribution in [0, 0.1) is 0 Å². The topological polar surface area (TPSA) is 72.9 Å². The first-order chi connectivity index (χ1) is 7.15. The van der Waals surface area contributed by atoms with Crippen molar-refractivity contribution in [3.05, 3.63) is 12.3 Å². The van der Waals surface area contributed by atoms with Gasteiger partial charge in [-0.1, -0.05) is 0 Å². The second kappa shape index (κ2) is 5.77. The highest BCUT2D eigenvalue weighted by Crippen LogP contribution is 2.05. The Bertz CT molecular complexity index is 326. The van der Waals surface area contributed by atoms with Crippen LogP contribution in [0.25, 0.3) is 0 Å².